The fourth-order valence-electron chi connectivity index (χ4n) is 2.24. The Hall–Kier alpha value is -2.71. The largest absolute Gasteiger partial charge is 0.290 e. The molecule has 1 aliphatic heterocycles. The average molecular weight is 371 g/mol. The van der Waals surface area contributed by atoms with Crippen molar-refractivity contribution in [2.75, 3.05) is 5.43 Å². The molecule has 1 aliphatic rings. The van der Waals surface area contributed by atoms with Gasteiger partial charge in [-0.1, -0.05) is 41.6 Å². The third-order valence-electron chi connectivity index (χ3n) is 3.51. The van der Waals surface area contributed by atoms with Crippen molar-refractivity contribution in [3.05, 3.63) is 74.7 Å². The number of carbonyl (C=O) groups is 1. The number of nitrogens with one attached hydrogen (secondary N) is 1. The Morgan fingerprint density at radius 1 is 1.20 bits per heavy atom. The number of thioether (sulfide) groups is 1. The first-order valence-corrected chi connectivity index (χ1v) is 8.53. The van der Waals surface area contributed by atoms with Crippen LogP contribution in [0.3, 0.4) is 0 Å². The van der Waals surface area contributed by atoms with Crippen LogP contribution in [0.5, 0.6) is 0 Å². The van der Waals surface area contributed by atoms with Crippen molar-refractivity contribution in [1.29, 1.82) is 0 Å². The molecule has 8 heteroatoms. The van der Waals surface area contributed by atoms with E-state index in [1.165, 1.54) is 17.2 Å². The third-order valence-corrected chi connectivity index (χ3v) is 4.81. The molecule has 1 N–H and O–H groups in total. The van der Waals surface area contributed by atoms with Crippen LogP contribution in [-0.4, -0.2) is 20.2 Å². The van der Waals surface area contributed by atoms with Gasteiger partial charge in [-0.05, 0) is 43.4 Å². The van der Waals surface area contributed by atoms with Crippen molar-refractivity contribution in [3.8, 4) is 0 Å². The fraction of sp³-hybridized carbons (Fsp3) is 0.0588. The first-order chi connectivity index (χ1) is 12.0. The van der Waals surface area contributed by atoms with Gasteiger partial charge in [0.05, 0.1) is 21.1 Å². The molecular formula is C17H13N3O3S2. The molecule has 1 fully saturated rings. The number of carbonyl (C=O) groups excluding carboxylic acids is 1. The standard InChI is InChI=1S/C17H13N3O3S2/c1-11-6-8-13(9-7-11)18-19-16(21)15(25-17(19)24)10-12-4-2-3-5-14(12)20(22)23/h2-10,18H,1H3/b15-10+. The van der Waals surface area contributed by atoms with Crippen molar-refractivity contribution in [1.82, 2.24) is 5.01 Å². The SMILES string of the molecule is Cc1ccc(NN2C(=O)/C(=C\c3ccccc3[N+](=O)[O-])SC2=S)cc1. The van der Waals surface area contributed by atoms with E-state index in [9.17, 15) is 14.9 Å². The molecule has 1 saturated heterocycles. The van der Waals surface area contributed by atoms with E-state index >= 15 is 0 Å². The summed E-state index contributed by atoms with van der Waals surface area (Å²) >= 11 is 6.35. The molecule has 0 aliphatic carbocycles. The number of nitrogens with zero attached hydrogens (tertiary/aromatic N) is 2. The van der Waals surface area contributed by atoms with Gasteiger partial charge < -0.3 is 0 Å². The number of aryl methyl sites for hydroxylation is 1. The summed E-state index contributed by atoms with van der Waals surface area (Å²) in [5, 5.41) is 12.4. The molecule has 126 valence electrons. The lowest BCUT2D eigenvalue weighted by molar-refractivity contribution is -0.385. The predicted octanol–water partition coefficient (Wildman–Crippen LogP) is 4.13. The summed E-state index contributed by atoms with van der Waals surface area (Å²) in [7, 11) is 0. The Morgan fingerprint density at radius 2 is 1.88 bits per heavy atom. The number of thiocarbonyl (C=S) groups is 1. The first kappa shape index (κ1) is 17.1. The lowest BCUT2D eigenvalue weighted by atomic mass is 10.1. The third kappa shape index (κ3) is 3.70. The van der Waals surface area contributed by atoms with Gasteiger partial charge >= 0.3 is 0 Å². The molecule has 1 heterocycles. The lowest BCUT2D eigenvalue weighted by Crippen LogP contribution is -2.33. The van der Waals surface area contributed by atoms with Gasteiger partial charge in [-0.25, -0.2) is 5.01 Å². The zero-order valence-corrected chi connectivity index (χ0v) is 14.8. The summed E-state index contributed by atoms with van der Waals surface area (Å²) in [6.45, 7) is 1.97. The van der Waals surface area contributed by atoms with Crippen LogP contribution < -0.4 is 5.43 Å². The van der Waals surface area contributed by atoms with Crippen molar-refractivity contribution in [2.24, 2.45) is 0 Å². The molecule has 25 heavy (non-hydrogen) atoms. The number of hydrogen-bond donors (Lipinski definition) is 1. The van der Waals surface area contributed by atoms with E-state index in [2.05, 4.69) is 5.43 Å². The van der Waals surface area contributed by atoms with E-state index in [-0.39, 0.29) is 11.6 Å². The Labute approximate surface area is 153 Å². The molecule has 0 saturated carbocycles. The normalized spacial score (nSPS) is 15.7. The number of nitro benzene ring substituents is 1. The Balaban J connectivity index is 1.86. The summed E-state index contributed by atoms with van der Waals surface area (Å²) in [6, 6.07) is 13.8. The van der Waals surface area contributed by atoms with E-state index in [0.29, 0.717) is 14.8 Å². The van der Waals surface area contributed by atoms with Crippen molar-refractivity contribution in [3.63, 3.8) is 0 Å². The highest BCUT2D eigenvalue weighted by Crippen LogP contribution is 2.34. The van der Waals surface area contributed by atoms with Crippen LogP contribution in [0.4, 0.5) is 11.4 Å². The van der Waals surface area contributed by atoms with E-state index in [4.69, 9.17) is 12.2 Å². The quantitative estimate of drug-likeness (QED) is 0.377. The zero-order chi connectivity index (χ0) is 18.0. The van der Waals surface area contributed by atoms with E-state index < -0.39 is 4.92 Å². The second-order valence-corrected chi connectivity index (χ2v) is 6.99. The number of rotatable bonds is 4. The Morgan fingerprint density at radius 3 is 2.56 bits per heavy atom. The van der Waals surface area contributed by atoms with Crippen LogP contribution >= 0.6 is 24.0 Å². The molecule has 0 atom stereocenters. The fourth-order valence-corrected chi connectivity index (χ4v) is 3.41. The van der Waals surface area contributed by atoms with Gasteiger partial charge in [0.1, 0.15) is 0 Å². The number of para-hydroxylation sites is 1. The van der Waals surface area contributed by atoms with Gasteiger partial charge in [0.15, 0.2) is 4.32 Å². The first-order valence-electron chi connectivity index (χ1n) is 7.30. The molecule has 0 unspecified atom stereocenters. The second-order valence-electron chi connectivity index (χ2n) is 5.31. The number of benzene rings is 2. The topological polar surface area (TPSA) is 75.5 Å². The number of hydrogen-bond acceptors (Lipinski definition) is 6. The summed E-state index contributed by atoms with van der Waals surface area (Å²) in [4.78, 5) is 23.6. The van der Waals surface area contributed by atoms with Gasteiger partial charge in [-0.2, -0.15) is 0 Å². The minimum absolute atomic E-state index is 0.0562. The molecule has 0 aromatic heterocycles. The predicted molar refractivity (Wildman–Crippen MR) is 103 cm³/mol. The van der Waals surface area contributed by atoms with Crippen LogP contribution in [0.2, 0.25) is 0 Å². The minimum atomic E-state index is -0.475. The smallest absolute Gasteiger partial charge is 0.285 e. The molecule has 1 amide bonds. The molecule has 2 aromatic carbocycles. The van der Waals surface area contributed by atoms with Crippen LogP contribution in [0.25, 0.3) is 6.08 Å². The maximum Gasteiger partial charge on any atom is 0.285 e. The molecule has 0 radical (unpaired) electrons. The van der Waals surface area contributed by atoms with Gasteiger partial charge in [0.2, 0.25) is 0 Å². The van der Waals surface area contributed by atoms with E-state index in [1.54, 1.807) is 18.2 Å². The highest BCUT2D eigenvalue weighted by molar-refractivity contribution is 8.26. The molecule has 3 rings (SSSR count). The van der Waals surface area contributed by atoms with Crippen molar-refractivity contribution in [2.45, 2.75) is 6.92 Å². The van der Waals surface area contributed by atoms with Gasteiger partial charge in [0.25, 0.3) is 11.6 Å². The second kappa shape index (κ2) is 7.04. The van der Waals surface area contributed by atoms with Gasteiger partial charge in [-0.3, -0.25) is 20.3 Å². The maximum atomic E-state index is 12.6. The van der Waals surface area contributed by atoms with Crippen LogP contribution in [0, 0.1) is 17.0 Å². The molecule has 6 nitrogen and oxygen atoms in total. The monoisotopic (exact) mass is 371 g/mol. The number of hydrazine groups is 1. The number of anilines is 1. The summed E-state index contributed by atoms with van der Waals surface area (Å²) in [6.07, 6.45) is 1.49. The molecule has 0 spiro atoms. The summed E-state index contributed by atoms with van der Waals surface area (Å²) in [5.74, 6) is -0.339. The maximum absolute atomic E-state index is 12.6. The number of nitro groups is 1. The highest BCUT2D eigenvalue weighted by atomic mass is 32.2. The van der Waals surface area contributed by atoms with Crippen molar-refractivity contribution >= 4 is 51.7 Å². The van der Waals surface area contributed by atoms with Gasteiger partial charge in [0, 0.05) is 6.07 Å². The average Bonchev–Trinajstić information content (AvgIpc) is 2.84. The highest BCUT2D eigenvalue weighted by Gasteiger charge is 2.33. The number of amides is 1. The molecular weight excluding hydrogens is 358 g/mol. The van der Waals surface area contributed by atoms with Crippen LogP contribution in [0.1, 0.15) is 11.1 Å². The van der Waals surface area contributed by atoms with Crippen molar-refractivity contribution < 1.29 is 9.72 Å². The Kier molecular flexibility index (Phi) is 4.82. The van der Waals surface area contributed by atoms with Gasteiger partial charge in [-0.15, -0.1) is 0 Å². The molecule has 0 bridgehead atoms. The summed E-state index contributed by atoms with van der Waals surface area (Å²) in [5.41, 5.74) is 5.11. The zero-order valence-electron chi connectivity index (χ0n) is 13.1. The Bertz CT molecular complexity index is 894. The summed E-state index contributed by atoms with van der Waals surface area (Å²) < 4.78 is 0.343. The van der Waals surface area contributed by atoms with Crippen LogP contribution in [-0.2, 0) is 4.79 Å². The van der Waals surface area contributed by atoms with E-state index in [0.717, 1.165) is 23.0 Å². The molecule has 2 aromatic rings. The van der Waals surface area contributed by atoms with Crippen LogP contribution in [0.15, 0.2) is 53.4 Å². The minimum Gasteiger partial charge on any atom is -0.290 e. The van der Waals surface area contributed by atoms with E-state index in [1.807, 2.05) is 31.2 Å². The lowest BCUT2D eigenvalue weighted by Gasteiger charge is -2.17.